The fourth-order valence-electron chi connectivity index (χ4n) is 2.96. The Labute approximate surface area is 124 Å². The average molecular weight is 289 g/mol. The lowest BCUT2D eigenvalue weighted by atomic mass is 9.86. The van der Waals surface area contributed by atoms with E-state index in [0.29, 0.717) is 17.7 Å². The molecule has 0 amide bonds. The number of para-hydroxylation sites is 1. The van der Waals surface area contributed by atoms with Gasteiger partial charge in [0, 0.05) is 11.8 Å². The van der Waals surface area contributed by atoms with Crippen LogP contribution in [0.2, 0.25) is 19.6 Å². The number of benzene rings is 1. The molecule has 1 aliphatic rings. The normalized spacial score (nSPS) is 24.2. The number of hydrogen-bond acceptors (Lipinski definition) is 2. The maximum Gasteiger partial charge on any atom is 0.123 e. The Hall–Kier alpha value is -1.09. The summed E-state index contributed by atoms with van der Waals surface area (Å²) in [5.74, 6) is 1.11. The molecule has 3 heteroatoms. The van der Waals surface area contributed by atoms with Crippen LogP contribution in [0.15, 0.2) is 23.2 Å². The Morgan fingerprint density at radius 2 is 1.90 bits per heavy atom. The summed E-state index contributed by atoms with van der Waals surface area (Å²) in [7, 11) is -1.50. The molecular formula is C17H27NOSi. The Morgan fingerprint density at radius 1 is 1.20 bits per heavy atom. The lowest BCUT2D eigenvalue weighted by molar-refractivity contribution is 0.333. The summed E-state index contributed by atoms with van der Waals surface area (Å²) in [6.45, 7) is 9.06. The van der Waals surface area contributed by atoms with Crippen molar-refractivity contribution in [1.82, 2.24) is 0 Å². The van der Waals surface area contributed by atoms with Crippen LogP contribution in [0.5, 0.6) is 5.75 Å². The molecular weight excluding hydrogens is 262 g/mol. The highest BCUT2D eigenvalue weighted by Crippen LogP contribution is 2.26. The van der Waals surface area contributed by atoms with E-state index in [1.54, 1.807) is 0 Å². The zero-order valence-electron chi connectivity index (χ0n) is 13.2. The molecule has 0 heterocycles. The molecule has 1 N–H and O–H groups in total. The Bertz CT molecular complexity index is 490. The Balaban J connectivity index is 2.21. The topological polar surface area (TPSA) is 32.6 Å². The molecule has 2 rings (SSSR count). The molecule has 0 spiro atoms. The van der Waals surface area contributed by atoms with Gasteiger partial charge in [-0.25, -0.2) is 0 Å². The summed E-state index contributed by atoms with van der Waals surface area (Å²) in [4.78, 5) is 4.75. The van der Waals surface area contributed by atoms with Gasteiger partial charge in [-0.3, -0.25) is 4.99 Å². The first-order valence-corrected chi connectivity index (χ1v) is 11.2. The molecule has 1 aromatic rings. The van der Waals surface area contributed by atoms with E-state index in [1.807, 2.05) is 18.3 Å². The van der Waals surface area contributed by atoms with E-state index in [0.717, 1.165) is 10.8 Å². The lowest BCUT2D eigenvalue weighted by Gasteiger charge is -2.25. The van der Waals surface area contributed by atoms with E-state index in [1.165, 1.54) is 25.7 Å². The van der Waals surface area contributed by atoms with Crippen LogP contribution in [0.1, 0.15) is 38.2 Å². The minimum atomic E-state index is -1.50. The summed E-state index contributed by atoms with van der Waals surface area (Å²) < 4.78 is 0. The molecule has 2 nitrogen and oxygen atoms in total. The molecule has 110 valence electrons. The third-order valence-corrected chi connectivity index (χ3v) is 6.37. The Morgan fingerprint density at radius 3 is 2.55 bits per heavy atom. The summed E-state index contributed by atoms with van der Waals surface area (Å²) in [6, 6.07) is 6.50. The third kappa shape index (κ3) is 3.51. The van der Waals surface area contributed by atoms with Crippen molar-refractivity contribution in [3.63, 3.8) is 0 Å². The molecule has 1 aromatic carbocycles. The van der Waals surface area contributed by atoms with Crippen LogP contribution in [0.3, 0.4) is 0 Å². The van der Waals surface area contributed by atoms with E-state index in [2.05, 4.69) is 32.6 Å². The largest absolute Gasteiger partial charge is 0.507 e. The first kappa shape index (κ1) is 15.3. The molecule has 1 saturated carbocycles. The maximum atomic E-state index is 10.5. The second-order valence-electron chi connectivity index (χ2n) is 7.10. The maximum absolute atomic E-state index is 10.5. The monoisotopic (exact) mass is 289 g/mol. The van der Waals surface area contributed by atoms with E-state index < -0.39 is 8.07 Å². The van der Waals surface area contributed by atoms with Crippen LogP contribution in [0.25, 0.3) is 0 Å². The van der Waals surface area contributed by atoms with Crippen LogP contribution in [-0.4, -0.2) is 25.4 Å². The van der Waals surface area contributed by atoms with Crippen molar-refractivity contribution in [2.24, 2.45) is 10.9 Å². The molecule has 1 aliphatic carbocycles. The van der Waals surface area contributed by atoms with Crippen molar-refractivity contribution in [2.75, 3.05) is 0 Å². The predicted molar refractivity (Wildman–Crippen MR) is 90.1 cm³/mol. The number of phenols is 1. The van der Waals surface area contributed by atoms with Gasteiger partial charge in [0.25, 0.3) is 0 Å². The average Bonchev–Trinajstić information content (AvgIpc) is 2.38. The van der Waals surface area contributed by atoms with Crippen LogP contribution in [0.4, 0.5) is 0 Å². The van der Waals surface area contributed by atoms with Crippen LogP contribution >= 0.6 is 0 Å². The van der Waals surface area contributed by atoms with Crippen molar-refractivity contribution in [2.45, 2.75) is 58.3 Å². The van der Waals surface area contributed by atoms with Gasteiger partial charge in [0.2, 0.25) is 0 Å². The fraction of sp³-hybridized carbons (Fsp3) is 0.588. The van der Waals surface area contributed by atoms with Gasteiger partial charge < -0.3 is 5.11 Å². The first-order chi connectivity index (χ1) is 9.39. The predicted octanol–water partition coefficient (Wildman–Crippen LogP) is 3.94. The number of nitrogens with zero attached hydrogens (tertiary/aromatic N) is 1. The highest BCUT2D eigenvalue weighted by molar-refractivity contribution is 6.89. The molecule has 0 radical (unpaired) electrons. The van der Waals surface area contributed by atoms with Gasteiger partial charge >= 0.3 is 0 Å². The second-order valence-corrected chi connectivity index (χ2v) is 12.1. The smallest absolute Gasteiger partial charge is 0.123 e. The summed E-state index contributed by atoms with van der Waals surface area (Å²) >= 11 is 0. The lowest BCUT2D eigenvalue weighted by Crippen LogP contribution is -2.38. The van der Waals surface area contributed by atoms with Crippen LogP contribution in [0, 0.1) is 5.92 Å². The van der Waals surface area contributed by atoms with E-state index in [-0.39, 0.29) is 0 Å². The van der Waals surface area contributed by atoms with Gasteiger partial charge in [-0.05, 0) is 30.0 Å². The molecule has 0 aromatic heterocycles. The highest BCUT2D eigenvalue weighted by Gasteiger charge is 2.22. The molecule has 0 bridgehead atoms. The van der Waals surface area contributed by atoms with Gasteiger partial charge in [0.05, 0.1) is 14.1 Å². The van der Waals surface area contributed by atoms with Crippen molar-refractivity contribution in [1.29, 1.82) is 0 Å². The fourth-order valence-corrected chi connectivity index (χ4v) is 4.42. The molecule has 2 unspecified atom stereocenters. The number of rotatable bonds is 3. The van der Waals surface area contributed by atoms with Gasteiger partial charge in [-0.1, -0.05) is 51.5 Å². The second kappa shape index (κ2) is 6.13. The number of aliphatic imine (C=N–C) groups is 1. The highest BCUT2D eigenvalue weighted by atomic mass is 28.3. The number of phenolic OH excluding ortho intramolecular Hbond substituents is 1. The summed E-state index contributed by atoms with van der Waals surface area (Å²) in [5.41, 5.74) is 0.877. The zero-order chi connectivity index (χ0) is 14.8. The van der Waals surface area contributed by atoms with Gasteiger partial charge in [-0.15, -0.1) is 0 Å². The standard InChI is InChI=1S/C17H27NOSi/c1-13-8-5-6-10-15(13)18-12-14-9-7-11-16(17(14)19)20(2,3)4/h7,9,11-13,15,19H,5-6,8,10H2,1-4H3. The van der Waals surface area contributed by atoms with Gasteiger partial charge in [0.1, 0.15) is 5.75 Å². The number of aromatic hydroxyl groups is 1. The first-order valence-electron chi connectivity index (χ1n) is 7.75. The van der Waals surface area contributed by atoms with Crippen LogP contribution in [-0.2, 0) is 0 Å². The van der Waals surface area contributed by atoms with E-state index in [9.17, 15) is 5.11 Å². The third-order valence-electron chi connectivity index (χ3n) is 4.35. The molecule has 1 fully saturated rings. The van der Waals surface area contributed by atoms with E-state index >= 15 is 0 Å². The minimum Gasteiger partial charge on any atom is -0.507 e. The van der Waals surface area contributed by atoms with Crippen molar-refractivity contribution >= 4 is 19.5 Å². The summed E-state index contributed by atoms with van der Waals surface area (Å²) in [6.07, 6.45) is 6.98. The molecule has 0 saturated heterocycles. The number of hydrogen-bond donors (Lipinski definition) is 1. The minimum absolute atomic E-state index is 0.429. The quantitative estimate of drug-likeness (QED) is 0.663. The van der Waals surface area contributed by atoms with Crippen LogP contribution < -0.4 is 5.19 Å². The van der Waals surface area contributed by atoms with Crippen molar-refractivity contribution < 1.29 is 5.11 Å². The van der Waals surface area contributed by atoms with Crippen molar-refractivity contribution in [3.8, 4) is 5.75 Å². The summed E-state index contributed by atoms with van der Waals surface area (Å²) in [5, 5.41) is 11.6. The Kier molecular flexibility index (Phi) is 4.69. The van der Waals surface area contributed by atoms with E-state index in [4.69, 9.17) is 4.99 Å². The SMILES string of the molecule is CC1CCCCC1N=Cc1cccc([Si](C)(C)C)c1O. The zero-order valence-corrected chi connectivity index (χ0v) is 14.2. The molecule has 0 aliphatic heterocycles. The molecule has 20 heavy (non-hydrogen) atoms. The molecule has 2 atom stereocenters. The van der Waals surface area contributed by atoms with Gasteiger partial charge in [0.15, 0.2) is 0 Å². The van der Waals surface area contributed by atoms with Gasteiger partial charge in [-0.2, -0.15) is 0 Å². The van der Waals surface area contributed by atoms with Crippen molar-refractivity contribution in [3.05, 3.63) is 23.8 Å².